The highest BCUT2D eigenvalue weighted by molar-refractivity contribution is 7.93. The van der Waals surface area contributed by atoms with Crippen LogP contribution >= 0.6 is 0 Å². The van der Waals surface area contributed by atoms with Gasteiger partial charge < -0.3 is 5.43 Å². The van der Waals surface area contributed by atoms with E-state index in [0.717, 1.165) is 12.5 Å². The van der Waals surface area contributed by atoms with Crippen LogP contribution in [0.2, 0.25) is 0 Å². The van der Waals surface area contributed by atoms with Crippen molar-refractivity contribution in [2.24, 2.45) is 5.84 Å². The SMILES string of the molecule is CS(=O)(=O)c1ccc(NN)cc1S(C)(=O)=O. The summed E-state index contributed by atoms with van der Waals surface area (Å²) in [5.41, 5.74) is 2.59. The Labute approximate surface area is 94.3 Å². The monoisotopic (exact) mass is 264 g/mol. The van der Waals surface area contributed by atoms with E-state index in [1.165, 1.54) is 18.2 Å². The summed E-state index contributed by atoms with van der Waals surface area (Å²) < 4.78 is 45.6. The maximum absolute atomic E-state index is 11.4. The third-order valence-electron chi connectivity index (χ3n) is 1.91. The molecule has 0 bridgehead atoms. The molecule has 0 aliphatic rings. The van der Waals surface area contributed by atoms with E-state index in [0.29, 0.717) is 5.69 Å². The first-order valence-electron chi connectivity index (χ1n) is 4.17. The quantitative estimate of drug-likeness (QED) is 0.577. The van der Waals surface area contributed by atoms with Crippen molar-refractivity contribution in [2.75, 3.05) is 17.9 Å². The molecule has 0 radical (unpaired) electrons. The predicted molar refractivity (Wildman–Crippen MR) is 60.5 cm³/mol. The average molecular weight is 264 g/mol. The first kappa shape index (κ1) is 12.9. The molecule has 0 saturated heterocycles. The van der Waals surface area contributed by atoms with Crippen LogP contribution in [0.3, 0.4) is 0 Å². The highest BCUT2D eigenvalue weighted by Gasteiger charge is 2.20. The molecule has 0 atom stereocenters. The molecule has 0 unspecified atom stereocenters. The van der Waals surface area contributed by atoms with E-state index < -0.39 is 19.7 Å². The number of benzene rings is 1. The number of anilines is 1. The van der Waals surface area contributed by atoms with Gasteiger partial charge in [-0.3, -0.25) is 5.84 Å². The van der Waals surface area contributed by atoms with Gasteiger partial charge in [0.05, 0.1) is 9.79 Å². The summed E-state index contributed by atoms with van der Waals surface area (Å²) in [6.07, 6.45) is 1.89. The maximum atomic E-state index is 11.4. The van der Waals surface area contributed by atoms with E-state index in [4.69, 9.17) is 5.84 Å². The second kappa shape index (κ2) is 4.04. The molecule has 1 aromatic rings. The van der Waals surface area contributed by atoms with Crippen LogP contribution < -0.4 is 11.3 Å². The van der Waals surface area contributed by atoms with Crippen molar-refractivity contribution in [3.8, 4) is 0 Å². The fourth-order valence-electron chi connectivity index (χ4n) is 1.19. The van der Waals surface area contributed by atoms with Crippen LogP contribution in [0, 0.1) is 0 Å². The predicted octanol–water partition coefficient (Wildman–Crippen LogP) is -0.221. The molecule has 3 N–H and O–H groups in total. The first-order chi connectivity index (χ1) is 7.16. The number of nitrogens with one attached hydrogen (secondary N) is 1. The van der Waals surface area contributed by atoms with Gasteiger partial charge in [0.1, 0.15) is 0 Å². The number of nitrogen functional groups attached to an aromatic ring is 1. The standard InChI is InChI=1S/C8H12N2O4S2/c1-15(11,12)7-4-3-6(10-9)5-8(7)16(2,13)14/h3-5,10H,9H2,1-2H3. The molecule has 0 fully saturated rings. The van der Waals surface area contributed by atoms with Crippen LogP contribution in [0.4, 0.5) is 5.69 Å². The molecule has 0 heterocycles. The molecule has 0 saturated carbocycles. The van der Waals surface area contributed by atoms with Gasteiger partial charge in [0.15, 0.2) is 19.7 Å². The smallest absolute Gasteiger partial charge is 0.176 e. The molecule has 6 nitrogen and oxygen atoms in total. The minimum absolute atomic E-state index is 0.228. The van der Waals surface area contributed by atoms with Crippen molar-refractivity contribution < 1.29 is 16.8 Å². The zero-order valence-corrected chi connectivity index (χ0v) is 10.4. The Morgan fingerprint density at radius 2 is 1.50 bits per heavy atom. The van der Waals surface area contributed by atoms with Crippen LogP contribution in [0.15, 0.2) is 28.0 Å². The van der Waals surface area contributed by atoms with E-state index in [1.807, 2.05) is 0 Å². The van der Waals surface area contributed by atoms with Crippen LogP contribution in [0.5, 0.6) is 0 Å². The van der Waals surface area contributed by atoms with Crippen molar-refractivity contribution in [2.45, 2.75) is 9.79 Å². The Hall–Kier alpha value is -1.12. The highest BCUT2D eigenvalue weighted by Crippen LogP contribution is 2.24. The Balaban J connectivity index is 3.66. The van der Waals surface area contributed by atoms with Crippen LogP contribution in [-0.4, -0.2) is 29.3 Å². The van der Waals surface area contributed by atoms with Gasteiger partial charge in [-0.05, 0) is 18.2 Å². The Kier molecular flexibility index (Phi) is 3.27. The maximum Gasteiger partial charge on any atom is 0.176 e. The van der Waals surface area contributed by atoms with Gasteiger partial charge >= 0.3 is 0 Å². The number of sulfone groups is 2. The molecular formula is C8H12N2O4S2. The lowest BCUT2D eigenvalue weighted by Gasteiger charge is -2.08. The second-order valence-electron chi connectivity index (χ2n) is 3.35. The molecule has 0 spiro atoms. The number of hydrogen-bond acceptors (Lipinski definition) is 6. The molecule has 8 heteroatoms. The first-order valence-corrected chi connectivity index (χ1v) is 7.95. The second-order valence-corrected chi connectivity index (χ2v) is 7.32. The fraction of sp³-hybridized carbons (Fsp3) is 0.250. The van der Waals surface area contributed by atoms with Gasteiger partial charge in [0.2, 0.25) is 0 Å². The van der Waals surface area contributed by atoms with Crippen molar-refractivity contribution in [3.63, 3.8) is 0 Å². The molecule has 1 aromatic carbocycles. The summed E-state index contributed by atoms with van der Waals surface area (Å²) in [5.74, 6) is 5.13. The lowest BCUT2D eigenvalue weighted by Crippen LogP contribution is -2.11. The van der Waals surface area contributed by atoms with Gasteiger partial charge in [-0.15, -0.1) is 0 Å². The number of hydrogen-bond donors (Lipinski definition) is 2. The number of nitrogens with two attached hydrogens (primary N) is 1. The molecule has 0 aliphatic heterocycles. The summed E-state index contributed by atoms with van der Waals surface area (Å²) in [5, 5.41) is 0. The largest absolute Gasteiger partial charge is 0.324 e. The summed E-state index contributed by atoms with van der Waals surface area (Å²) in [4.78, 5) is -0.487. The zero-order chi connectivity index (χ0) is 12.6. The van der Waals surface area contributed by atoms with E-state index in [2.05, 4.69) is 5.43 Å². The van der Waals surface area contributed by atoms with Crippen molar-refractivity contribution in [3.05, 3.63) is 18.2 Å². The van der Waals surface area contributed by atoms with Gasteiger partial charge in [-0.2, -0.15) is 0 Å². The number of hydrazine groups is 1. The summed E-state index contributed by atoms with van der Waals surface area (Å²) in [6.45, 7) is 0. The third-order valence-corrected chi connectivity index (χ3v) is 4.33. The topological polar surface area (TPSA) is 106 Å². The van der Waals surface area contributed by atoms with Gasteiger partial charge in [-0.1, -0.05) is 0 Å². The Bertz CT molecular complexity index is 605. The molecule has 1 rings (SSSR count). The highest BCUT2D eigenvalue weighted by atomic mass is 32.2. The molecule has 90 valence electrons. The van der Waals surface area contributed by atoms with Gasteiger partial charge in [0, 0.05) is 18.2 Å². The summed E-state index contributed by atoms with van der Waals surface area (Å²) in [6, 6.07) is 3.79. The lowest BCUT2D eigenvalue weighted by molar-refractivity contribution is 0.589. The van der Waals surface area contributed by atoms with Crippen LogP contribution in [0.1, 0.15) is 0 Å². The molecule has 0 aromatic heterocycles. The van der Waals surface area contributed by atoms with Crippen molar-refractivity contribution in [1.29, 1.82) is 0 Å². The minimum atomic E-state index is -3.62. The molecular weight excluding hydrogens is 252 g/mol. The Morgan fingerprint density at radius 1 is 1.00 bits per heavy atom. The Morgan fingerprint density at radius 3 is 1.88 bits per heavy atom. The van der Waals surface area contributed by atoms with Crippen LogP contribution in [-0.2, 0) is 19.7 Å². The summed E-state index contributed by atoms with van der Waals surface area (Å²) >= 11 is 0. The van der Waals surface area contributed by atoms with Crippen LogP contribution in [0.25, 0.3) is 0 Å². The number of rotatable bonds is 3. The zero-order valence-electron chi connectivity index (χ0n) is 8.76. The normalized spacial score (nSPS) is 12.4. The van der Waals surface area contributed by atoms with Crippen molar-refractivity contribution in [1.82, 2.24) is 0 Å². The molecule has 0 amide bonds. The minimum Gasteiger partial charge on any atom is -0.324 e. The molecule has 0 aliphatic carbocycles. The summed E-state index contributed by atoms with van der Waals surface area (Å²) in [7, 11) is -7.21. The van der Waals surface area contributed by atoms with E-state index >= 15 is 0 Å². The van der Waals surface area contributed by atoms with Crippen molar-refractivity contribution >= 4 is 25.4 Å². The van der Waals surface area contributed by atoms with Gasteiger partial charge in [0.25, 0.3) is 0 Å². The average Bonchev–Trinajstić information content (AvgIpc) is 2.14. The third kappa shape index (κ3) is 2.71. The molecule has 16 heavy (non-hydrogen) atoms. The van der Waals surface area contributed by atoms with E-state index in [1.54, 1.807) is 0 Å². The van der Waals surface area contributed by atoms with E-state index in [9.17, 15) is 16.8 Å². The van der Waals surface area contributed by atoms with E-state index in [-0.39, 0.29) is 9.79 Å². The van der Waals surface area contributed by atoms with Gasteiger partial charge in [-0.25, -0.2) is 16.8 Å². The fourth-order valence-corrected chi connectivity index (χ4v) is 3.62. The lowest BCUT2D eigenvalue weighted by atomic mass is 10.3.